The first-order valence-corrected chi connectivity index (χ1v) is 18.6. The van der Waals surface area contributed by atoms with Crippen molar-refractivity contribution >= 4 is 28.9 Å². The summed E-state index contributed by atoms with van der Waals surface area (Å²) in [4.78, 5) is 42.8. The maximum Gasteiger partial charge on any atom is 0.260 e. The predicted octanol–water partition coefficient (Wildman–Crippen LogP) is 4.98. The second-order valence-corrected chi connectivity index (χ2v) is 13.9. The Hall–Kier alpha value is -5.49. The monoisotopic (exact) mass is 730 g/mol. The number of aliphatic hydroxyl groups excluding tert-OH is 1. The fourth-order valence-electron chi connectivity index (χ4n) is 7.58. The van der Waals surface area contributed by atoms with Crippen molar-refractivity contribution in [2.24, 2.45) is 0 Å². The van der Waals surface area contributed by atoms with Crippen molar-refractivity contribution in [3.63, 3.8) is 0 Å². The van der Waals surface area contributed by atoms with Crippen molar-refractivity contribution in [3.8, 4) is 17.2 Å². The Morgan fingerprint density at radius 2 is 1.52 bits per heavy atom. The number of imide groups is 1. The van der Waals surface area contributed by atoms with E-state index in [1.165, 1.54) is 11.1 Å². The zero-order chi connectivity index (χ0) is 37.6. The number of amides is 3. The van der Waals surface area contributed by atoms with Gasteiger partial charge < -0.3 is 24.6 Å². The Morgan fingerprint density at radius 3 is 2.20 bits per heavy atom. The molecule has 3 amide bonds. The number of nitrogens with one attached hydrogen (secondary N) is 1. The van der Waals surface area contributed by atoms with Crippen molar-refractivity contribution < 1.29 is 34.1 Å². The molecule has 3 aliphatic rings. The van der Waals surface area contributed by atoms with Crippen molar-refractivity contribution in [3.05, 3.63) is 125 Å². The van der Waals surface area contributed by atoms with Crippen LogP contribution in [0.5, 0.6) is 17.2 Å². The van der Waals surface area contributed by atoms with E-state index in [-0.39, 0.29) is 30.6 Å². The summed E-state index contributed by atoms with van der Waals surface area (Å²) in [6.45, 7) is 6.35. The van der Waals surface area contributed by atoms with Gasteiger partial charge >= 0.3 is 0 Å². The van der Waals surface area contributed by atoms with Crippen LogP contribution in [0.4, 0.5) is 0 Å². The Labute approximate surface area is 315 Å². The van der Waals surface area contributed by atoms with Crippen LogP contribution in [0, 0.1) is 0 Å². The van der Waals surface area contributed by atoms with Gasteiger partial charge in [0.25, 0.3) is 5.91 Å². The topological polar surface area (TPSA) is 132 Å². The molecule has 11 nitrogen and oxygen atoms in total. The van der Waals surface area contributed by atoms with Crippen LogP contribution in [0.1, 0.15) is 60.2 Å². The minimum atomic E-state index is -0.950. The molecular weight excluding hydrogens is 684 g/mol. The standard InChI is InChI=1S/C43H46N4O7/c1-2-36(29-6-4-3-5-7-29)41(30-8-12-33(48)13-9-30)31-10-14-34(15-11-31)53-25-24-45-20-22-46(23-21-45)40(50)28-54-35-16-17-37-32(26-35)27-47(43(37)52)38-18-19-39(49)44-42(38)51/h3-17,26,38,43,48,52H,2,18-25,27-28H2,1H3,(H,44,49,51)/b41-36-. The Balaban J connectivity index is 0.874. The SMILES string of the molecule is CC/C(=C(\c1ccc(O)cc1)c1ccc(OCCN2CCN(C(=O)COc3ccc4c(c3)CN(C3CCC(=O)NC3=O)C4O)CC2)cc1)c1ccccc1. The van der Waals surface area contributed by atoms with Gasteiger partial charge in [-0.1, -0.05) is 67.6 Å². The molecule has 3 N–H and O–H groups in total. The average molecular weight is 731 g/mol. The summed E-state index contributed by atoms with van der Waals surface area (Å²) in [6.07, 6.45) is 0.496. The molecular formula is C43H46N4O7. The molecule has 0 spiro atoms. The van der Waals surface area contributed by atoms with E-state index in [0.717, 1.165) is 54.1 Å². The number of allylic oxidation sites excluding steroid dienone is 1. The largest absolute Gasteiger partial charge is 0.508 e. The van der Waals surface area contributed by atoms with Crippen LogP contribution in [-0.4, -0.2) is 94.6 Å². The third-order valence-corrected chi connectivity index (χ3v) is 10.5. The highest BCUT2D eigenvalue weighted by molar-refractivity contribution is 6.00. The van der Waals surface area contributed by atoms with E-state index >= 15 is 0 Å². The fraction of sp³-hybridized carbons (Fsp3) is 0.326. The van der Waals surface area contributed by atoms with E-state index in [9.17, 15) is 24.6 Å². The molecule has 2 saturated heterocycles. The minimum Gasteiger partial charge on any atom is -0.508 e. The van der Waals surface area contributed by atoms with Crippen LogP contribution < -0.4 is 14.8 Å². The normalized spacial score (nSPS) is 19.6. The highest BCUT2D eigenvalue weighted by atomic mass is 16.5. The first-order valence-electron chi connectivity index (χ1n) is 18.6. The molecule has 54 heavy (non-hydrogen) atoms. The zero-order valence-corrected chi connectivity index (χ0v) is 30.4. The summed E-state index contributed by atoms with van der Waals surface area (Å²) in [5.74, 6) is 0.778. The lowest BCUT2D eigenvalue weighted by molar-refractivity contribution is -0.142. The summed E-state index contributed by atoms with van der Waals surface area (Å²) in [7, 11) is 0. The molecule has 11 heteroatoms. The van der Waals surface area contributed by atoms with Gasteiger partial charge in [0.2, 0.25) is 11.8 Å². The van der Waals surface area contributed by atoms with Gasteiger partial charge in [0, 0.05) is 51.3 Å². The van der Waals surface area contributed by atoms with Crippen LogP contribution in [0.2, 0.25) is 0 Å². The van der Waals surface area contributed by atoms with E-state index in [0.29, 0.717) is 44.0 Å². The fourth-order valence-corrected chi connectivity index (χ4v) is 7.58. The van der Waals surface area contributed by atoms with Gasteiger partial charge in [-0.3, -0.25) is 29.5 Å². The number of hydrogen-bond donors (Lipinski definition) is 3. The van der Waals surface area contributed by atoms with Crippen molar-refractivity contribution in [1.29, 1.82) is 0 Å². The van der Waals surface area contributed by atoms with Gasteiger partial charge in [-0.25, -0.2) is 0 Å². The van der Waals surface area contributed by atoms with Gasteiger partial charge in [0.1, 0.15) is 30.1 Å². The van der Waals surface area contributed by atoms with E-state index in [4.69, 9.17) is 9.47 Å². The van der Waals surface area contributed by atoms with Gasteiger partial charge in [-0.05, 0) is 82.6 Å². The van der Waals surface area contributed by atoms with Crippen molar-refractivity contribution in [1.82, 2.24) is 20.0 Å². The number of carbonyl (C=O) groups is 3. The Kier molecular flexibility index (Phi) is 11.4. The van der Waals surface area contributed by atoms with E-state index < -0.39 is 18.2 Å². The van der Waals surface area contributed by atoms with E-state index in [1.54, 1.807) is 29.2 Å². The number of phenolic OH excluding ortho intramolecular Hbond substituents is 1. The number of hydrogen-bond acceptors (Lipinski definition) is 9. The summed E-state index contributed by atoms with van der Waals surface area (Å²) < 4.78 is 12.0. The first-order chi connectivity index (χ1) is 26.3. The number of aliphatic hydroxyl groups is 1. The van der Waals surface area contributed by atoms with Crippen LogP contribution >= 0.6 is 0 Å². The molecule has 2 atom stereocenters. The minimum absolute atomic E-state index is 0.0871. The molecule has 3 aliphatic heterocycles. The quantitative estimate of drug-likeness (QED) is 0.137. The number of nitrogens with zero attached hydrogens (tertiary/aromatic N) is 3. The summed E-state index contributed by atoms with van der Waals surface area (Å²) in [5, 5.41) is 23.1. The molecule has 2 unspecified atom stereocenters. The van der Waals surface area contributed by atoms with Crippen molar-refractivity contribution in [2.75, 3.05) is 45.9 Å². The smallest absolute Gasteiger partial charge is 0.260 e. The Morgan fingerprint density at radius 1 is 0.833 bits per heavy atom. The maximum atomic E-state index is 13.0. The molecule has 7 rings (SSSR count). The Bertz CT molecular complexity index is 1990. The van der Waals surface area contributed by atoms with Crippen LogP contribution in [0.15, 0.2) is 97.1 Å². The number of piperidine rings is 1. The third-order valence-electron chi connectivity index (χ3n) is 10.5. The molecule has 0 bridgehead atoms. The number of aromatic hydroxyl groups is 1. The number of fused-ring (bicyclic) bond motifs is 1. The van der Waals surface area contributed by atoms with E-state index in [1.807, 2.05) is 41.3 Å². The zero-order valence-electron chi connectivity index (χ0n) is 30.4. The van der Waals surface area contributed by atoms with E-state index in [2.05, 4.69) is 53.5 Å². The molecule has 0 saturated carbocycles. The highest BCUT2D eigenvalue weighted by Crippen LogP contribution is 2.38. The summed E-state index contributed by atoms with van der Waals surface area (Å²) in [6, 6.07) is 30.6. The predicted molar refractivity (Wildman–Crippen MR) is 204 cm³/mol. The summed E-state index contributed by atoms with van der Waals surface area (Å²) >= 11 is 0. The van der Waals surface area contributed by atoms with Crippen LogP contribution in [0.25, 0.3) is 11.1 Å². The van der Waals surface area contributed by atoms with Gasteiger partial charge in [0.15, 0.2) is 6.61 Å². The highest BCUT2D eigenvalue weighted by Gasteiger charge is 2.39. The lowest BCUT2D eigenvalue weighted by Gasteiger charge is -2.34. The summed E-state index contributed by atoms with van der Waals surface area (Å²) in [5.41, 5.74) is 7.15. The van der Waals surface area contributed by atoms with Gasteiger partial charge in [-0.15, -0.1) is 0 Å². The molecule has 4 aromatic carbocycles. The maximum absolute atomic E-state index is 13.0. The number of benzene rings is 4. The number of phenols is 1. The molecule has 0 radical (unpaired) electrons. The number of carbonyl (C=O) groups excluding carboxylic acids is 3. The number of ether oxygens (including phenoxy) is 2. The van der Waals surface area contributed by atoms with Gasteiger partial charge in [0.05, 0.1) is 6.04 Å². The molecule has 4 aromatic rings. The van der Waals surface area contributed by atoms with Crippen molar-refractivity contribution in [2.45, 2.75) is 45.0 Å². The molecule has 3 heterocycles. The number of piperazine rings is 1. The molecule has 0 aromatic heterocycles. The lowest BCUT2D eigenvalue weighted by Crippen LogP contribution is -2.51. The molecule has 0 aliphatic carbocycles. The third kappa shape index (κ3) is 8.33. The van der Waals surface area contributed by atoms with Crippen LogP contribution in [0.3, 0.4) is 0 Å². The second-order valence-electron chi connectivity index (χ2n) is 13.9. The first kappa shape index (κ1) is 36.9. The molecule has 280 valence electrons. The lowest BCUT2D eigenvalue weighted by atomic mass is 9.88. The number of rotatable bonds is 12. The van der Waals surface area contributed by atoms with Gasteiger partial charge in [-0.2, -0.15) is 0 Å². The molecule has 2 fully saturated rings. The second kappa shape index (κ2) is 16.7. The van der Waals surface area contributed by atoms with Crippen LogP contribution in [-0.2, 0) is 20.9 Å². The average Bonchev–Trinajstić information content (AvgIpc) is 3.52.